The van der Waals surface area contributed by atoms with Gasteiger partial charge in [-0.1, -0.05) is 44.2 Å². The number of likely N-dealkylation sites (N-methyl/N-ethyl adjacent to an activating group) is 1. The lowest BCUT2D eigenvalue weighted by Crippen LogP contribution is -2.44. The molecule has 2 aromatic rings. The Hall–Kier alpha value is -2.16. The van der Waals surface area contributed by atoms with Crippen molar-refractivity contribution < 1.29 is 4.79 Å². The van der Waals surface area contributed by atoms with Crippen LogP contribution in [0.15, 0.2) is 53.7 Å². The summed E-state index contributed by atoms with van der Waals surface area (Å²) in [5, 5.41) is 6.38. The van der Waals surface area contributed by atoms with Crippen molar-refractivity contribution in [3.8, 4) is 0 Å². The second-order valence-electron chi connectivity index (χ2n) is 7.74. The van der Waals surface area contributed by atoms with Crippen molar-refractivity contribution in [2.75, 3.05) is 33.7 Å². The first-order valence-corrected chi connectivity index (χ1v) is 10.7. The second kappa shape index (κ2) is 14.8. The van der Waals surface area contributed by atoms with Gasteiger partial charge in [0.05, 0.1) is 6.54 Å². The van der Waals surface area contributed by atoms with E-state index in [9.17, 15) is 4.79 Å². The lowest BCUT2D eigenvalue weighted by atomic mass is 10.0. The monoisotopic (exact) mass is 537 g/mol. The first kappa shape index (κ1) is 26.9. The van der Waals surface area contributed by atoms with Crippen molar-refractivity contribution in [2.45, 2.75) is 39.0 Å². The quantitative estimate of drug-likeness (QED) is 0.210. The van der Waals surface area contributed by atoms with E-state index in [1.165, 1.54) is 11.1 Å². The first-order chi connectivity index (χ1) is 14.5. The molecule has 0 saturated carbocycles. The number of pyridine rings is 1. The number of nitrogens with zero attached hydrogens (tertiary/aromatic N) is 3. The second-order valence-corrected chi connectivity index (χ2v) is 7.74. The number of amides is 1. The molecule has 31 heavy (non-hydrogen) atoms. The minimum Gasteiger partial charge on any atom is -0.356 e. The van der Waals surface area contributed by atoms with Gasteiger partial charge in [0.2, 0.25) is 5.91 Å². The van der Waals surface area contributed by atoms with Crippen LogP contribution in [0, 0.1) is 0 Å². The fourth-order valence-corrected chi connectivity index (χ4v) is 3.04. The van der Waals surface area contributed by atoms with E-state index >= 15 is 0 Å². The van der Waals surface area contributed by atoms with Crippen LogP contribution in [-0.4, -0.2) is 55.5 Å². The summed E-state index contributed by atoms with van der Waals surface area (Å²) in [6.07, 6.45) is 4.53. The van der Waals surface area contributed by atoms with Gasteiger partial charge in [-0.25, -0.2) is 0 Å². The molecule has 2 rings (SSSR count). The molecule has 1 amide bonds. The standard InChI is InChI=1S/C24H35N5O.HI/c1-19(2)21-12-10-20(11-13-21)8-7-16-27-24(25-3)28-18-23(30)29(4)17-14-22-9-5-6-15-26-22;/h5-6,9-13,15,19H,7-8,14,16-18H2,1-4H3,(H2,25,27,28);1H. The first-order valence-electron chi connectivity index (χ1n) is 10.7. The summed E-state index contributed by atoms with van der Waals surface area (Å²) in [6.45, 7) is 6.07. The van der Waals surface area contributed by atoms with Gasteiger partial charge in [-0.05, 0) is 42.0 Å². The van der Waals surface area contributed by atoms with Crippen LogP contribution < -0.4 is 10.6 Å². The third-order valence-electron chi connectivity index (χ3n) is 5.07. The van der Waals surface area contributed by atoms with E-state index in [1.807, 2.05) is 25.2 Å². The molecule has 7 heteroatoms. The van der Waals surface area contributed by atoms with Crippen LogP contribution in [-0.2, 0) is 17.6 Å². The summed E-state index contributed by atoms with van der Waals surface area (Å²) < 4.78 is 0. The molecule has 0 unspecified atom stereocenters. The van der Waals surface area contributed by atoms with E-state index < -0.39 is 0 Å². The number of hydrogen-bond acceptors (Lipinski definition) is 3. The molecule has 0 aliphatic rings. The van der Waals surface area contributed by atoms with Gasteiger partial charge in [-0.15, -0.1) is 24.0 Å². The Bertz CT molecular complexity index is 793. The van der Waals surface area contributed by atoms with Gasteiger partial charge in [-0.3, -0.25) is 14.8 Å². The van der Waals surface area contributed by atoms with Crippen LogP contribution in [0.5, 0.6) is 0 Å². The van der Waals surface area contributed by atoms with E-state index in [0.717, 1.165) is 31.5 Å². The average Bonchev–Trinajstić information content (AvgIpc) is 2.77. The predicted molar refractivity (Wildman–Crippen MR) is 139 cm³/mol. The van der Waals surface area contributed by atoms with Gasteiger partial charge >= 0.3 is 0 Å². The fourth-order valence-electron chi connectivity index (χ4n) is 3.04. The highest BCUT2D eigenvalue weighted by Gasteiger charge is 2.10. The number of nitrogens with one attached hydrogen (secondary N) is 2. The number of carbonyl (C=O) groups excluding carboxylic acids is 1. The number of guanidine groups is 1. The third-order valence-corrected chi connectivity index (χ3v) is 5.07. The lowest BCUT2D eigenvalue weighted by molar-refractivity contribution is -0.128. The number of hydrogen-bond donors (Lipinski definition) is 2. The van der Waals surface area contributed by atoms with Crippen LogP contribution in [0.1, 0.15) is 43.0 Å². The molecular formula is C24H36IN5O. The van der Waals surface area contributed by atoms with Gasteiger partial charge in [0.15, 0.2) is 5.96 Å². The summed E-state index contributed by atoms with van der Waals surface area (Å²) in [6, 6.07) is 14.7. The molecule has 6 nitrogen and oxygen atoms in total. The number of carbonyl (C=O) groups is 1. The third kappa shape index (κ3) is 10.1. The zero-order chi connectivity index (χ0) is 21.8. The highest BCUT2D eigenvalue weighted by molar-refractivity contribution is 14.0. The molecule has 0 saturated heterocycles. The summed E-state index contributed by atoms with van der Waals surface area (Å²) in [5.74, 6) is 1.24. The highest BCUT2D eigenvalue weighted by atomic mass is 127. The normalized spacial score (nSPS) is 11.1. The number of halogens is 1. The molecule has 0 bridgehead atoms. The van der Waals surface area contributed by atoms with Gasteiger partial charge in [0, 0.05) is 45.5 Å². The maximum atomic E-state index is 12.3. The molecule has 1 heterocycles. The summed E-state index contributed by atoms with van der Waals surface area (Å²) >= 11 is 0. The van der Waals surface area contributed by atoms with E-state index in [-0.39, 0.29) is 36.4 Å². The Morgan fingerprint density at radius 1 is 1.10 bits per heavy atom. The molecule has 1 aromatic heterocycles. The molecule has 1 aromatic carbocycles. The van der Waals surface area contributed by atoms with Crippen molar-refractivity contribution >= 4 is 35.8 Å². The number of benzene rings is 1. The van der Waals surface area contributed by atoms with Crippen LogP contribution >= 0.6 is 24.0 Å². The predicted octanol–water partition coefficient (Wildman–Crippen LogP) is 3.62. The number of aromatic nitrogens is 1. The average molecular weight is 537 g/mol. The van der Waals surface area contributed by atoms with Gasteiger partial charge in [0.1, 0.15) is 0 Å². The molecule has 0 radical (unpaired) electrons. The Kier molecular flexibility index (Phi) is 12.8. The molecule has 0 aliphatic heterocycles. The number of aryl methyl sites for hydroxylation is 1. The molecule has 0 spiro atoms. The van der Waals surface area contributed by atoms with Crippen LogP contribution in [0.4, 0.5) is 0 Å². The maximum absolute atomic E-state index is 12.3. The number of rotatable bonds is 10. The maximum Gasteiger partial charge on any atom is 0.241 e. The smallest absolute Gasteiger partial charge is 0.241 e. The molecule has 0 aliphatic carbocycles. The van der Waals surface area contributed by atoms with Crippen molar-refractivity contribution in [1.29, 1.82) is 0 Å². The van der Waals surface area contributed by atoms with Crippen molar-refractivity contribution in [2.24, 2.45) is 4.99 Å². The Labute approximate surface area is 204 Å². The van der Waals surface area contributed by atoms with Gasteiger partial charge < -0.3 is 15.5 Å². The summed E-state index contributed by atoms with van der Waals surface area (Å²) in [5.41, 5.74) is 3.70. The van der Waals surface area contributed by atoms with Crippen molar-refractivity contribution in [3.63, 3.8) is 0 Å². The van der Waals surface area contributed by atoms with E-state index in [2.05, 4.69) is 58.7 Å². The van der Waals surface area contributed by atoms with Gasteiger partial charge in [0.25, 0.3) is 0 Å². The molecule has 170 valence electrons. The molecule has 0 atom stereocenters. The topological polar surface area (TPSA) is 69.6 Å². The number of aliphatic imine (C=N–C) groups is 1. The Morgan fingerprint density at radius 2 is 1.84 bits per heavy atom. The minimum atomic E-state index is 0. The Morgan fingerprint density at radius 3 is 2.45 bits per heavy atom. The molecule has 2 N–H and O–H groups in total. The van der Waals surface area contributed by atoms with Crippen molar-refractivity contribution in [1.82, 2.24) is 20.5 Å². The summed E-state index contributed by atoms with van der Waals surface area (Å²) in [4.78, 5) is 22.5. The van der Waals surface area contributed by atoms with Crippen LogP contribution in [0.3, 0.4) is 0 Å². The largest absolute Gasteiger partial charge is 0.356 e. The van der Waals surface area contributed by atoms with E-state index in [4.69, 9.17) is 0 Å². The van der Waals surface area contributed by atoms with Gasteiger partial charge in [-0.2, -0.15) is 0 Å². The lowest BCUT2D eigenvalue weighted by Gasteiger charge is -2.18. The van der Waals surface area contributed by atoms with Crippen molar-refractivity contribution in [3.05, 3.63) is 65.5 Å². The zero-order valence-corrected chi connectivity index (χ0v) is 21.4. The summed E-state index contributed by atoms with van der Waals surface area (Å²) in [7, 11) is 3.53. The molecular weight excluding hydrogens is 501 g/mol. The van der Waals surface area contributed by atoms with E-state index in [0.29, 0.717) is 18.4 Å². The zero-order valence-electron chi connectivity index (χ0n) is 19.1. The van der Waals surface area contributed by atoms with Crippen LogP contribution in [0.25, 0.3) is 0 Å². The Balaban J connectivity index is 0.00000480. The minimum absolute atomic E-state index is 0. The highest BCUT2D eigenvalue weighted by Crippen LogP contribution is 2.15. The molecule has 0 fully saturated rings. The van der Waals surface area contributed by atoms with E-state index in [1.54, 1.807) is 18.1 Å². The fraction of sp³-hybridized carbons (Fsp3) is 0.458. The SMILES string of the molecule is CN=C(NCCCc1ccc(C(C)C)cc1)NCC(=O)N(C)CCc1ccccn1.I. The van der Waals surface area contributed by atoms with Crippen LogP contribution in [0.2, 0.25) is 0 Å².